The van der Waals surface area contributed by atoms with Gasteiger partial charge < -0.3 is 5.32 Å². The Kier molecular flexibility index (Phi) is 2.65. The number of hydrogen-bond donors (Lipinski definition) is 1. The second kappa shape index (κ2) is 3.81. The van der Waals surface area contributed by atoms with Crippen molar-refractivity contribution in [3.05, 3.63) is 23.7 Å². The van der Waals surface area contributed by atoms with Crippen molar-refractivity contribution in [3.8, 4) is 0 Å². The summed E-state index contributed by atoms with van der Waals surface area (Å²) in [5.74, 6) is 1.00. The van der Waals surface area contributed by atoms with Gasteiger partial charge in [-0.05, 0) is 37.8 Å². The number of nitrogens with one attached hydrogen (secondary N) is 1. The van der Waals surface area contributed by atoms with E-state index in [2.05, 4.69) is 48.6 Å². The topological polar surface area (TPSA) is 24.9 Å². The largest absolute Gasteiger partial charge is 0.365 e. The molecule has 0 bridgehead atoms. The molecule has 2 aromatic rings. The zero-order valence-electron chi connectivity index (χ0n) is 9.37. The van der Waals surface area contributed by atoms with Crippen LogP contribution in [-0.4, -0.2) is 10.5 Å². The van der Waals surface area contributed by atoms with Crippen molar-refractivity contribution in [1.29, 1.82) is 0 Å². The summed E-state index contributed by atoms with van der Waals surface area (Å²) in [5, 5.41) is 6.83. The summed E-state index contributed by atoms with van der Waals surface area (Å²) in [6, 6.07) is 4.19. The van der Waals surface area contributed by atoms with Crippen LogP contribution in [0.1, 0.15) is 27.2 Å². The van der Waals surface area contributed by atoms with Crippen molar-refractivity contribution in [2.45, 2.75) is 32.7 Å². The van der Waals surface area contributed by atoms with Crippen LogP contribution in [0.15, 0.2) is 23.7 Å². The lowest BCUT2D eigenvalue weighted by molar-refractivity contribution is 0.546. The number of rotatable bonds is 3. The molecular weight excluding hydrogens is 204 g/mol. The molecule has 0 saturated heterocycles. The number of anilines is 1. The van der Waals surface area contributed by atoms with Gasteiger partial charge in [0.2, 0.25) is 0 Å². The standard InChI is InChI=1S/C12H16N2S/c1-4-12(2,3)14-11-9-6-8-15-10(9)5-7-13-11/h5-8H,4H2,1-3H3,(H,13,14). The number of pyridine rings is 1. The van der Waals surface area contributed by atoms with Gasteiger partial charge in [-0.3, -0.25) is 0 Å². The molecule has 0 aliphatic heterocycles. The molecule has 0 fully saturated rings. The summed E-state index contributed by atoms with van der Waals surface area (Å²) >= 11 is 1.76. The normalized spacial score (nSPS) is 11.9. The molecule has 1 N–H and O–H groups in total. The average molecular weight is 220 g/mol. The summed E-state index contributed by atoms with van der Waals surface area (Å²) in [7, 11) is 0. The van der Waals surface area contributed by atoms with Gasteiger partial charge in [0.25, 0.3) is 0 Å². The molecule has 0 aliphatic carbocycles. The Morgan fingerprint density at radius 1 is 1.40 bits per heavy atom. The van der Waals surface area contributed by atoms with Crippen molar-refractivity contribution < 1.29 is 0 Å². The first-order chi connectivity index (χ1) is 7.12. The van der Waals surface area contributed by atoms with Gasteiger partial charge in [-0.1, -0.05) is 6.92 Å². The maximum Gasteiger partial charge on any atom is 0.135 e. The first kappa shape index (κ1) is 10.4. The maximum absolute atomic E-state index is 4.41. The van der Waals surface area contributed by atoms with Crippen LogP contribution < -0.4 is 5.32 Å². The van der Waals surface area contributed by atoms with Crippen molar-refractivity contribution >= 4 is 27.2 Å². The molecule has 3 heteroatoms. The van der Waals surface area contributed by atoms with Gasteiger partial charge in [0.15, 0.2) is 0 Å². The number of hydrogen-bond acceptors (Lipinski definition) is 3. The monoisotopic (exact) mass is 220 g/mol. The molecule has 0 aliphatic rings. The molecular formula is C12H16N2S. The first-order valence-corrected chi connectivity index (χ1v) is 6.11. The average Bonchev–Trinajstić information content (AvgIpc) is 2.66. The molecule has 0 radical (unpaired) electrons. The zero-order valence-corrected chi connectivity index (χ0v) is 10.2. The molecule has 0 amide bonds. The molecule has 2 heterocycles. The predicted molar refractivity (Wildman–Crippen MR) is 67.6 cm³/mol. The molecule has 2 nitrogen and oxygen atoms in total. The van der Waals surface area contributed by atoms with Crippen molar-refractivity contribution in [2.24, 2.45) is 0 Å². The fourth-order valence-corrected chi connectivity index (χ4v) is 2.19. The van der Waals surface area contributed by atoms with E-state index in [-0.39, 0.29) is 5.54 Å². The maximum atomic E-state index is 4.41. The Morgan fingerprint density at radius 2 is 2.20 bits per heavy atom. The lowest BCUT2D eigenvalue weighted by Gasteiger charge is -2.25. The van der Waals surface area contributed by atoms with E-state index in [1.54, 1.807) is 11.3 Å². The quantitative estimate of drug-likeness (QED) is 0.848. The summed E-state index contributed by atoms with van der Waals surface area (Å²) in [5.41, 5.74) is 0.100. The molecule has 80 valence electrons. The van der Waals surface area contributed by atoms with Gasteiger partial charge >= 0.3 is 0 Å². The minimum absolute atomic E-state index is 0.100. The lowest BCUT2D eigenvalue weighted by Crippen LogP contribution is -2.30. The molecule has 2 rings (SSSR count). The van der Waals surface area contributed by atoms with Crippen molar-refractivity contribution in [3.63, 3.8) is 0 Å². The molecule has 0 saturated carbocycles. The Hall–Kier alpha value is -1.09. The second-order valence-corrected chi connectivity index (χ2v) is 5.30. The molecule has 0 spiro atoms. The van der Waals surface area contributed by atoms with Crippen LogP contribution in [0.3, 0.4) is 0 Å². The van der Waals surface area contributed by atoms with Crippen molar-refractivity contribution in [2.75, 3.05) is 5.32 Å². The van der Waals surface area contributed by atoms with Gasteiger partial charge in [-0.2, -0.15) is 0 Å². The van der Waals surface area contributed by atoms with Gasteiger partial charge in [-0.15, -0.1) is 11.3 Å². The Morgan fingerprint density at radius 3 is 2.93 bits per heavy atom. The fourth-order valence-electron chi connectivity index (χ4n) is 1.40. The summed E-state index contributed by atoms with van der Waals surface area (Å²) in [4.78, 5) is 4.41. The SMILES string of the molecule is CCC(C)(C)Nc1nccc2sccc12. The van der Waals surface area contributed by atoms with Crippen LogP contribution in [-0.2, 0) is 0 Å². The van der Waals surface area contributed by atoms with E-state index in [0.29, 0.717) is 0 Å². The zero-order chi connectivity index (χ0) is 10.9. The van der Waals surface area contributed by atoms with E-state index in [1.165, 1.54) is 10.1 Å². The molecule has 2 aromatic heterocycles. The molecule has 0 atom stereocenters. The number of fused-ring (bicyclic) bond motifs is 1. The van der Waals surface area contributed by atoms with Gasteiger partial charge in [0.05, 0.1) is 0 Å². The van der Waals surface area contributed by atoms with Crippen LogP contribution in [0.4, 0.5) is 5.82 Å². The van der Waals surface area contributed by atoms with Crippen LogP contribution in [0.2, 0.25) is 0 Å². The van der Waals surface area contributed by atoms with E-state index in [9.17, 15) is 0 Å². The van der Waals surface area contributed by atoms with E-state index in [0.717, 1.165) is 12.2 Å². The highest BCUT2D eigenvalue weighted by Crippen LogP contribution is 2.28. The van der Waals surface area contributed by atoms with Gasteiger partial charge in [-0.25, -0.2) is 4.98 Å². The summed E-state index contributed by atoms with van der Waals surface area (Å²) < 4.78 is 1.29. The molecule has 15 heavy (non-hydrogen) atoms. The van der Waals surface area contributed by atoms with Crippen LogP contribution >= 0.6 is 11.3 Å². The van der Waals surface area contributed by atoms with E-state index in [4.69, 9.17) is 0 Å². The highest BCUT2D eigenvalue weighted by molar-refractivity contribution is 7.17. The van der Waals surface area contributed by atoms with Crippen LogP contribution in [0.25, 0.3) is 10.1 Å². The summed E-state index contributed by atoms with van der Waals surface area (Å²) in [6.45, 7) is 6.57. The number of thiophene rings is 1. The van der Waals surface area contributed by atoms with Crippen LogP contribution in [0, 0.1) is 0 Å². The third-order valence-electron chi connectivity index (χ3n) is 2.72. The Labute approximate surface area is 94.3 Å². The third-order valence-corrected chi connectivity index (χ3v) is 3.60. The van der Waals surface area contributed by atoms with Gasteiger partial charge in [0, 0.05) is 21.8 Å². The third kappa shape index (κ3) is 2.12. The molecule has 0 aromatic carbocycles. The number of nitrogens with zero attached hydrogens (tertiary/aromatic N) is 1. The Bertz CT molecular complexity index is 459. The van der Waals surface area contributed by atoms with Crippen molar-refractivity contribution in [1.82, 2.24) is 4.98 Å². The second-order valence-electron chi connectivity index (χ2n) is 4.35. The minimum Gasteiger partial charge on any atom is -0.365 e. The van der Waals surface area contributed by atoms with Gasteiger partial charge in [0.1, 0.15) is 5.82 Å². The highest BCUT2D eigenvalue weighted by atomic mass is 32.1. The highest BCUT2D eigenvalue weighted by Gasteiger charge is 2.16. The van der Waals surface area contributed by atoms with E-state index >= 15 is 0 Å². The predicted octanol–water partition coefficient (Wildman–Crippen LogP) is 3.90. The molecule has 0 unspecified atom stereocenters. The first-order valence-electron chi connectivity index (χ1n) is 5.23. The lowest BCUT2D eigenvalue weighted by atomic mass is 10.0. The minimum atomic E-state index is 0.100. The van der Waals surface area contributed by atoms with E-state index < -0.39 is 0 Å². The smallest absolute Gasteiger partial charge is 0.135 e. The Balaban J connectivity index is 2.39. The van der Waals surface area contributed by atoms with E-state index in [1.807, 2.05) is 6.20 Å². The number of aromatic nitrogens is 1. The fraction of sp³-hybridized carbons (Fsp3) is 0.417. The summed E-state index contributed by atoms with van der Waals surface area (Å²) in [6.07, 6.45) is 2.95. The van der Waals surface area contributed by atoms with Crippen LogP contribution in [0.5, 0.6) is 0 Å².